The average Bonchev–Trinajstić information content (AvgIpc) is 3.14. The molecule has 1 aromatic carbocycles. The third-order valence-electron chi connectivity index (χ3n) is 3.81. The van der Waals surface area contributed by atoms with Crippen LogP contribution in [0.15, 0.2) is 58.2 Å². The van der Waals surface area contributed by atoms with E-state index < -0.39 is 17.6 Å². The van der Waals surface area contributed by atoms with Gasteiger partial charge >= 0.3 is 12.1 Å². The zero-order chi connectivity index (χ0) is 19.0. The molecule has 0 aliphatic heterocycles. The van der Waals surface area contributed by atoms with Crippen LogP contribution in [0.5, 0.6) is 0 Å². The van der Waals surface area contributed by atoms with Crippen molar-refractivity contribution in [1.29, 1.82) is 0 Å². The van der Waals surface area contributed by atoms with Gasteiger partial charge < -0.3 is 9.09 Å². The van der Waals surface area contributed by atoms with Crippen LogP contribution in [0.4, 0.5) is 13.2 Å². The van der Waals surface area contributed by atoms with Gasteiger partial charge in [0, 0.05) is 30.2 Å². The second-order valence-corrected chi connectivity index (χ2v) is 5.68. The van der Waals surface area contributed by atoms with Crippen molar-refractivity contribution < 1.29 is 17.7 Å². The van der Waals surface area contributed by atoms with E-state index in [1.807, 2.05) is 12.1 Å². The molecule has 0 bridgehead atoms. The number of halogens is 3. The fourth-order valence-electron chi connectivity index (χ4n) is 2.54. The molecule has 3 aromatic heterocycles. The van der Waals surface area contributed by atoms with Crippen molar-refractivity contribution in [3.63, 3.8) is 0 Å². The van der Waals surface area contributed by atoms with Crippen molar-refractivity contribution in [2.45, 2.75) is 12.7 Å². The highest BCUT2D eigenvalue weighted by Gasteiger charge is 2.38. The first-order valence-corrected chi connectivity index (χ1v) is 7.71. The van der Waals surface area contributed by atoms with E-state index in [9.17, 15) is 18.0 Å². The monoisotopic (exact) mass is 373 g/mol. The van der Waals surface area contributed by atoms with Crippen molar-refractivity contribution in [2.24, 2.45) is 0 Å². The smallest absolute Gasteiger partial charge is 0.329 e. The molecule has 4 rings (SSSR count). The fraction of sp³-hybridized carbons (Fsp3) is 0.118. The van der Waals surface area contributed by atoms with Crippen LogP contribution in [0.25, 0.3) is 22.4 Å². The van der Waals surface area contributed by atoms with E-state index in [-0.39, 0.29) is 17.9 Å². The van der Waals surface area contributed by atoms with Crippen molar-refractivity contribution in [2.75, 3.05) is 0 Å². The molecule has 0 atom stereocenters. The van der Waals surface area contributed by atoms with Crippen LogP contribution in [0.1, 0.15) is 11.5 Å². The molecule has 3 heterocycles. The zero-order valence-electron chi connectivity index (χ0n) is 13.5. The summed E-state index contributed by atoms with van der Waals surface area (Å²) in [6.07, 6.45) is -0.109. The van der Waals surface area contributed by atoms with E-state index in [1.165, 1.54) is 16.8 Å². The molecule has 0 N–H and O–H groups in total. The van der Waals surface area contributed by atoms with Crippen LogP contribution < -0.4 is 5.56 Å². The number of fused-ring (bicyclic) bond motifs is 1. The molecule has 0 spiro atoms. The van der Waals surface area contributed by atoms with Crippen LogP contribution >= 0.6 is 0 Å². The summed E-state index contributed by atoms with van der Waals surface area (Å²) in [5.41, 5.74) is 1.99. The minimum atomic E-state index is -4.74. The van der Waals surface area contributed by atoms with Crippen LogP contribution in [0.2, 0.25) is 0 Å². The lowest BCUT2D eigenvalue weighted by atomic mass is 10.2. The summed E-state index contributed by atoms with van der Waals surface area (Å²) in [7, 11) is 0. The van der Waals surface area contributed by atoms with Crippen LogP contribution in [-0.4, -0.2) is 24.7 Å². The molecule has 0 unspecified atom stereocenters. The first-order valence-electron chi connectivity index (χ1n) is 7.71. The van der Waals surface area contributed by atoms with Crippen molar-refractivity contribution in [3.05, 3.63) is 70.7 Å². The molecule has 136 valence electrons. The number of nitrogens with zero attached hydrogens (tertiary/aromatic N) is 5. The normalized spacial score (nSPS) is 11.8. The number of hydrogen-bond donors (Lipinski definition) is 0. The van der Waals surface area contributed by atoms with E-state index in [0.717, 1.165) is 17.1 Å². The quantitative estimate of drug-likeness (QED) is 0.549. The van der Waals surface area contributed by atoms with Gasteiger partial charge in [-0.1, -0.05) is 11.2 Å². The van der Waals surface area contributed by atoms with Gasteiger partial charge in [-0.15, -0.1) is 0 Å². The Kier molecular flexibility index (Phi) is 3.94. The molecular weight excluding hydrogens is 363 g/mol. The Labute approximate surface area is 149 Å². The Hall–Kier alpha value is -3.56. The summed E-state index contributed by atoms with van der Waals surface area (Å²) in [6.45, 7) is 0.270. The molecule has 27 heavy (non-hydrogen) atoms. The second kappa shape index (κ2) is 6.31. The highest BCUT2D eigenvalue weighted by atomic mass is 19.4. The first kappa shape index (κ1) is 16.9. The zero-order valence-corrected chi connectivity index (χ0v) is 13.5. The largest absolute Gasteiger partial charge is 0.471 e. The van der Waals surface area contributed by atoms with Gasteiger partial charge in [0.1, 0.15) is 0 Å². The highest BCUT2D eigenvalue weighted by molar-refractivity contribution is 5.74. The summed E-state index contributed by atoms with van der Waals surface area (Å²) < 4.78 is 43.2. The van der Waals surface area contributed by atoms with Gasteiger partial charge in [-0.05, 0) is 23.8 Å². The number of hydrogen-bond acceptors (Lipinski definition) is 6. The van der Waals surface area contributed by atoms with E-state index >= 15 is 0 Å². The Bertz CT molecular complexity index is 1180. The number of benzene rings is 1. The van der Waals surface area contributed by atoms with Gasteiger partial charge in [-0.3, -0.25) is 14.8 Å². The molecule has 0 amide bonds. The molecule has 4 aromatic rings. The highest BCUT2D eigenvalue weighted by Crippen LogP contribution is 2.29. The number of alkyl halides is 3. The maximum Gasteiger partial charge on any atom is 0.471 e. The molecule has 0 fully saturated rings. The molecule has 0 saturated heterocycles. The lowest BCUT2D eigenvalue weighted by Gasteiger charge is -2.07. The summed E-state index contributed by atoms with van der Waals surface area (Å²) in [5.74, 6) is -1.76. The summed E-state index contributed by atoms with van der Waals surface area (Å²) in [4.78, 5) is 24.0. The van der Waals surface area contributed by atoms with E-state index in [2.05, 4.69) is 24.6 Å². The molecule has 0 radical (unpaired) electrons. The van der Waals surface area contributed by atoms with Crippen LogP contribution in [-0.2, 0) is 12.7 Å². The summed E-state index contributed by atoms with van der Waals surface area (Å²) >= 11 is 0. The first-order chi connectivity index (χ1) is 12.9. The predicted molar refractivity (Wildman–Crippen MR) is 87.6 cm³/mol. The van der Waals surface area contributed by atoms with Gasteiger partial charge in [0.2, 0.25) is 5.82 Å². The standard InChI is InChI=1S/C17H10F3N5O2/c18-17(19,20)16-23-15(24-27-16)11-3-6-25(14(26)8-11)9-10-1-2-12-13(7-10)22-5-4-21-12/h1-8H,9H2. The SMILES string of the molecule is O=c1cc(-c2noc(C(F)(F)F)n2)ccn1Cc1ccc2nccnc2c1. The van der Waals surface area contributed by atoms with Crippen molar-refractivity contribution >= 4 is 11.0 Å². The minimum absolute atomic E-state index is 0.139. The van der Waals surface area contributed by atoms with E-state index in [1.54, 1.807) is 18.5 Å². The Morgan fingerprint density at radius 1 is 1.04 bits per heavy atom. The van der Waals surface area contributed by atoms with Gasteiger partial charge in [-0.25, -0.2) is 0 Å². The molecule has 0 aliphatic carbocycles. The topological polar surface area (TPSA) is 86.7 Å². The second-order valence-electron chi connectivity index (χ2n) is 5.68. The Morgan fingerprint density at radius 2 is 1.81 bits per heavy atom. The maximum absolute atomic E-state index is 12.5. The molecule has 7 nitrogen and oxygen atoms in total. The maximum atomic E-state index is 12.5. The number of aromatic nitrogens is 5. The van der Waals surface area contributed by atoms with Crippen molar-refractivity contribution in [3.8, 4) is 11.4 Å². The van der Waals surface area contributed by atoms with Crippen LogP contribution in [0, 0.1) is 0 Å². The van der Waals surface area contributed by atoms with Gasteiger partial charge in [0.25, 0.3) is 5.56 Å². The van der Waals surface area contributed by atoms with Gasteiger partial charge in [0.15, 0.2) is 0 Å². The third-order valence-corrected chi connectivity index (χ3v) is 3.81. The summed E-state index contributed by atoms with van der Waals surface area (Å²) in [5, 5.41) is 3.27. The number of pyridine rings is 1. The molecule has 0 aliphatic rings. The third kappa shape index (κ3) is 3.41. The Morgan fingerprint density at radius 3 is 2.52 bits per heavy atom. The lowest BCUT2D eigenvalue weighted by Crippen LogP contribution is -2.19. The fourth-order valence-corrected chi connectivity index (χ4v) is 2.54. The predicted octanol–water partition coefficient (Wildman–Crippen LogP) is 2.91. The van der Waals surface area contributed by atoms with E-state index in [4.69, 9.17) is 0 Å². The molecule has 0 saturated carbocycles. The number of rotatable bonds is 3. The molecule has 10 heteroatoms. The minimum Gasteiger partial charge on any atom is -0.329 e. The molecular formula is C17H10F3N5O2. The summed E-state index contributed by atoms with van der Waals surface area (Å²) in [6, 6.07) is 8.05. The lowest BCUT2D eigenvalue weighted by molar-refractivity contribution is -0.159. The van der Waals surface area contributed by atoms with Crippen LogP contribution in [0.3, 0.4) is 0 Å². The van der Waals surface area contributed by atoms with Crippen molar-refractivity contribution in [1.82, 2.24) is 24.7 Å². The van der Waals surface area contributed by atoms with Gasteiger partial charge in [-0.2, -0.15) is 18.2 Å². The Balaban J connectivity index is 1.61. The van der Waals surface area contributed by atoms with Gasteiger partial charge in [0.05, 0.1) is 17.6 Å². The van der Waals surface area contributed by atoms with E-state index in [0.29, 0.717) is 5.52 Å². The average molecular weight is 373 g/mol.